The van der Waals surface area contributed by atoms with Crippen molar-refractivity contribution in [3.8, 4) is 0 Å². The summed E-state index contributed by atoms with van der Waals surface area (Å²) in [5.74, 6) is -2.27. The van der Waals surface area contributed by atoms with Gasteiger partial charge in [-0.05, 0) is 52.8 Å². The molecule has 166 valence electrons. The van der Waals surface area contributed by atoms with Gasteiger partial charge in [-0.3, -0.25) is 19.6 Å². The summed E-state index contributed by atoms with van der Waals surface area (Å²) in [5.41, 5.74) is -0.784. The molecular weight excluding hydrogens is 408 g/mol. The van der Waals surface area contributed by atoms with Crippen molar-refractivity contribution in [3.05, 3.63) is 51.3 Å². The molecule has 11 heteroatoms. The third-order valence-electron chi connectivity index (χ3n) is 3.83. The number of esters is 2. The highest BCUT2D eigenvalue weighted by atomic mass is 16.6. The highest BCUT2D eigenvalue weighted by Gasteiger charge is 2.26. The van der Waals surface area contributed by atoms with Gasteiger partial charge >= 0.3 is 17.6 Å². The number of hydrogen-bond acceptors (Lipinski definition) is 8. The summed E-state index contributed by atoms with van der Waals surface area (Å²) in [6, 6.07) is 3.90. The monoisotopic (exact) mass is 432 g/mol. The summed E-state index contributed by atoms with van der Waals surface area (Å²) in [5, 5.41) is 17.6. The number of ether oxygens (including phenoxy) is 2. The maximum absolute atomic E-state index is 12.7. The number of nitrogens with one attached hydrogen (secondary N) is 1. The lowest BCUT2D eigenvalue weighted by Crippen LogP contribution is -2.18. The van der Waals surface area contributed by atoms with E-state index in [4.69, 9.17) is 9.47 Å². The van der Waals surface area contributed by atoms with E-state index in [0.717, 1.165) is 6.20 Å². The van der Waals surface area contributed by atoms with Crippen LogP contribution in [-0.2, 0) is 16.0 Å². The first-order valence-corrected chi connectivity index (χ1v) is 9.62. The molecule has 0 saturated heterocycles. The number of benzene rings is 1. The molecule has 0 atom stereocenters. The Kier molecular flexibility index (Phi) is 7.46. The van der Waals surface area contributed by atoms with Gasteiger partial charge in [0.05, 0.1) is 28.3 Å². The predicted molar refractivity (Wildman–Crippen MR) is 110 cm³/mol. The van der Waals surface area contributed by atoms with Crippen LogP contribution in [0.2, 0.25) is 0 Å². The number of hydrogen-bond donors (Lipinski definition) is 1. The Bertz CT molecular complexity index is 971. The lowest BCUT2D eigenvalue weighted by molar-refractivity contribution is -0.385. The van der Waals surface area contributed by atoms with Crippen LogP contribution in [0, 0.1) is 10.1 Å². The van der Waals surface area contributed by atoms with Crippen LogP contribution < -0.4 is 5.32 Å². The Morgan fingerprint density at radius 3 is 2.00 bits per heavy atom. The van der Waals surface area contributed by atoms with Crippen LogP contribution in [0.25, 0.3) is 0 Å². The summed E-state index contributed by atoms with van der Waals surface area (Å²) in [6.45, 7) is 8.72. The average Bonchev–Trinajstić information content (AvgIpc) is 3.11. The molecule has 1 aromatic heterocycles. The molecule has 31 heavy (non-hydrogen) atoms. The molecule has 0 aliphatic carbocycles. The molecule has 2 aromatic rings. The zero-order chi connectivity index (χ0) is 23.3. The minimum Gasteiger partial charge on any atom is -0.459 e. The van der Waals surface area contributed by atoms with Crippen molar-refractivity contribution in [1.82, 2.24) is 9.78 Å². The molecule has 0 saturated carbocycles. The van der Waals surface area contributed by atoms with Crippen LogP contribution in [0.1, 0.15) is 65.8 Å². The Morgan fingerprint density at radius 2 is 1.58 bits per heavy atom. The fourth-order valence-corrected chi connectivity index (χ4v) is 2.56. The third kappa shape index (κ3) is 6.11. The Hall–Kier alpha value is -3.76. The highest BCUT2D eigenvalue weighted by molar-refractivity contribution is 6.07. The van der Waals surface area contributed by atoms with Crippen LogP contribution in [0.5, 0.6) is 0 Å². The molecule has 1 aromatic carbocycles. The molecule has 1 N–H and O–H groups in total. The number of amides is 1. The molecule has 0 aliphatic heterocycles. The van der Waals surface area contributed by atoms with Gasteiger partial charge in [0.25, 0.3) is 5.91 Å². The molecule has 1 heterocycles. The maximum atomic E-state index is 12.7. The first kappa shape index (κ1) is 23.5. The van der Waals surface area contributed by atoms with E-state index in [9.17, 15) is 24.5 Å². The molecule has 11 nitrogen and oxygen atoms in total. The quantitative estimate of drug-likeness (QED) is 0.381. The summed E-state index contributed by atoms with van der Waals surface area (Å²) in [6.07, 6.45) is 0.339. The fourth-order valence-electron chi connectivity index (χ4n) is 2.56. The number of rotatable bonds is 8. The average molecular weight is 432 g/mol. The molecule has 0 aliphatic rings. The topological polar surface area (TPSA) is 143 Å². The van der Waals surface area contributed by atoms with Gasteiger partial charge in [0.15, 0.2) is 0 Å². The second-order valence-corrected chi connectivity index (χ2v) is 7.14. The number of carbonyl (C=O) groups is 3. The first-order valence-electron chi connectivity index (χ1n) is 9.62. The van der Waals surface area contributed by atoms with Crippen molar-refractivity contribution in [2.45, 2.75) is 53.4 Å². The minimum absolute atomic E-state index is 0.00999. The normalized spacial score (nSPS) is 10.8. The Labute approximate surface area is 178 Å². The second kappa shape index (κ2) is 9.83. The van der Waals surface area contributed by atoms with E-state index in [-0.39, 0.29) is 16.8 Å². The molecular formula is C20H24N4O7. The molecule has 1 amide bonds. The van der Waals surface area contributed by atoms with Gasteiger partial charge in [-0.15, -0.1) is 0 Å². The van der Waals surface area contributed by atoms with Gasteiger partial charge in [0, 0.05) is 12.2 Å². The van der Waals surface area contributed by atoms with Gasteiger partial charge < -0.3 is 14.8 Å². The standard InChI is InChI=1S/C20H24N4O7/c1-6-23-10-16(24(28)29)17(22-23)18(25)21-15-8-13(19(26)30-11(2)3)7-14(9-15)20(27)31-12(4)5/h7-12H,6H2,1-5H3,(H,21,25). The third-order valence-corrected chi connectivity index (χ3v) is 3.83. The number of nitrogens with zero attached hydrogens (tertiary/aromatic N) is 3. The highest BCUT2D eigenvalue weighted by Crippen LogP contribution is 2.22. The van der Waals surface area contributed by atoms with Crippen molar-refractivity contribution in [3.63, 3.8) is 0 Å². The van der Waals surface area contributed by atoms with Crippen molar-refractivity contribution < 1.29 is 28.8 Å². The van der Waals surface area contributed by atoms with E-state index < -0.39 is 46.4 Å². The number of carbonyl (C=O) groups excluding carboxylic acids is 3. The predicted octanol–water partition coefficient (Wildman–Crippen LogP) is 3.19. The molecule has 0 bridgehead atoms. The number of nitro groups is 1. The number of anilines is 1. The molecule has 2 rings (SSSR count). The van der Waals surface area contributed by atoms with Gasteiger partial charge in [-0.25, -0.2) is 9.59 Å². The van der Waals surface area contributed by atoms with Crippen LogP contribution in [0.4, 0.5) is 11.4 Å². The van der Waals surface area contributed by atoms with Gasteiger partial charge in [-0.1, -0.05) is 0 Å². The Balaban J connectivity index is 2.43. The van der Waals surface area contributed by atoms with Crippen LogP contribution in [0.3, 0.4) is 0 Å². The van der Waals surface area contributed by atoms with Crippen molar-refractivity contribution in [2.24, 2.45) is 0 Å². The fraction of sp³-hybridized carbons (Fsp3) is 0.400. The zero-order valence-corrected chi connectivity index (χ0v) is 17.9. The zero-order valence-electron chi connectivity index (χ0n) is 17.9. The van der Waals surface area contributed by atoms with E-state index in [2.05, 4.69) is 10.4 Å². The van der Waals surface area contributed by atoms with Crippen molar-refractivity contribution >= 4 is 29.2 Å². The summed E-state index contributed by atoms with van der Waals surface area (Å²) < 4.78 is 11.6. The van der Waals surface area contributed by atoms with E-state index in [1.165, 1.54) is 22.9 Å². The molecule has 0 radical (unpaired) electrons. The van der Waals surface area contributed by atoms with Gasteiger partial charge in [0.2, 0.25) is 5.69 Å². The SMILES string of the molecule is CCn1cc([N+](=O)[O-])c(C(=O)Nc2cc(C(=O)OC(C)C)cc(C(=O)OC(C)C)c2)n1. The van der Waals surface area contributed by atoms with E-state index in [0.29, 0.717) is 6.54 Å². The number of aryl methyl sites for hydroxylation is 1. The van der Waals surface area contributed by atoms with Crippen LogP contribution in [0.15, 0.2) is 24.4 Å². The Morgan fingerprint density at radius 1 is 1.06 bits per heavy atom. The van der Waals surface area contributed by atoms with Crippen LogP contribution in [-0.4, -0.2) is 44.8 Å². The smallest absolute Gasteiger partial charge is 0.338 e. The van der Waals surface area contributed by atoms with Gasteiger partial charge in [-0.2, -0.15) is 5.10 Å². The molecule has 0 fully saturated rings. The van der Waals surface area contributed by atoms with Crippen molar-refractivity contribution in [1.29, 1.82) is 0 Å². The summed E-state index contributed by atoms with van der Waals surface area (Å²) in [4.78, 5) is 47.9. The lowest BCUT2D eigenvalue weighted by Gasteiger charge is -2.13. The van der Waals surface area contributed by atoms with E-state index in [1.54, 1.807) is 34.6 Å². The van der Waals surface area contributed by atoms with Crippen LogP contribution >= 0.6 is 0 Å². The maximum Gasteiger partial charge on any atom is 0.338 e. The molecule has 0 spiro atoms. The lowest BCUT2D eigenvalue weighted by atomic mass is 10.1. The first-order chi connectivity index (χ1) is 14.5. The van der Waals surface area contributed by atoms with E-state index >= 15 is 0 Å². The summed E-state index contributed by atoms with van der Waals surface area (Å²) >= 11 is 0. The summed E-state index contributed by atoms with van der Waals surface area (Å²) in [7, 11) is 0. The molecule has 0 unspecified atom stereocenters. The minimum atomic E-state index is -0.864. The van der Waals surface area contributed by atoms with Gasteiger partial charge in [0.1, 0.15) is 6.20 Å². The number of aromatic nitrogens is 2. The van der Waals surface area contributed by atoms with E-state index in [1.807, 2.05) is 0 Å². The largest absolute Gasteiger partial charge is 0.459 e. The second-order valence-electron chi connectivity index (χ2n) is 7.14. The van der Waals surface area contributed by atoms with Crippen molar-refractivity contribution in [2.75, 3.05) is 5.32 Å².